The molecule has 106 valence electrons. The summed E-state index contributed by atoms with van der Waals surface area (Å²) >= 11 is 0. The summed E-state index contributed by atoms with van der Waals surface area (Å²) in [6, 6.07) is 0.376. The van der Waals surface area contributed by atoms with E-state index in [1.807, 2.05) is 6.92 Å². The van der Waals surface area contributed by atoms with Gasteiger partial charge in [0.15, 0.2) is 0 Å². The summed E-state index contributed by atoms with van der Waals surface area (Å²) in [7, 11) is 1.42. The highest BCUT2D eigenvalue weighted by atomic mass is 16.5. The van der Waals surface area contributed by atoms with Gasteiger partial charge in [0.25, 0.3) is 0 Å². The molecule has 0 aromatic rings. The van der Waals surface area contributed by atoms with Crippen molar-refractivity contribution in [2.24, 2.45) is 5.92 Å². The zero-order chi connectivity index (χ0) is 13.6. The first-order chi connectivity index (χ1) is 8.53. The van der Waals surface area contributed by atoms with E-state index in [0.717, 1.165) is 6.42 Å². The first-order valence-corrected chi connectivity index (χ1v) is 7.00. The summed E-state index contributed by atoms with van der Waals surface area (Å²) < 4.78 is 4.91. The van der Waals surface area contributed by atoms with Gasteiger partial charge in [-0.3, -0.25) is 10.1 Å². The summed E-state index contributed by atoms with van der Waals surface area (Å²) in [6.07, 6.45) is 6.06. The van der Waals surface area contributed by atoms with Gasteiger partial charge in [-0.05, 0) is 38.5 Å². The van der Waals surface area contributed by atoms with Crippen molar-refractivity contribution in [1.29, 1.82) is 0 Å². The number of ether oxygens (including phenoxy) is 1. The van der Waals surface area contributed by atoms with E-state index in [0.29, 0.717) is 24.8 Å². The minimum atomic E-state index is -0.673. The highest BCUT2D eigenvalue weighted by molar-refractivity contribution is 5.80. The van der Waals surface area contributed by atoms with E-state index in [2.05, 4.69) is 12.2 Å². The Balaban J connectivity index is 2.67. The molecule has 2 N–H and O–H groups in total. The van der Waals surface area contributed by atoms with Crippen LogP contribution in [0.2, 0.25) is 0 Å². The molecule has 3 unspecified atom stereocenters. The second-order valence-corrected chi connectivity index (χ2v) is 5.66. The molecule has 4 nitrogen and oxygen atoms in total. The average molecular weight is 257 g/mol. The lowest BCUT2D eigenvalue weighted by molar-refractivity contribution is -0.149. The molecular weight excluding hydrogens is 230 g/mol. The number of esters is 1. The Labute approximate surface area is 110 Å². The van der Waals surface area contributed by atoms with Crippen LogP contribution in [0.5, 0.6) is 0 Å². The molecule has 0 radical (unpaired) electrons. The molecule has 0 spiro atoms. The van der Waals surface area contributed by atoms with E-state index in [4.69, 9.17) is 9.84 Å². The van der Waals surface area contributed by atoms with Gasteiger partial charge in [-0.25, -0.2) is 0 Å². The topological polar surface area (TPSA) is 58.6 Å². The number of carbonyl (C=O) groups is 1. The number of nitrogens with one attached hydrogen (secondary N) is 1. The van der Waals surface area contributed by atoms with Gasteiger partial charge in [-0.2, -0.15) is 0 Å². The summed E-state index contributed by atoms with van der Waals surface area (Å²) in [6.45, 7) is 4.23. The van der Waals surface area contributed by atoms with Crippen molar-refractivity contribution in [3.8, 4) is 0 Å². The molecule has 1 aliphatic carbocycles. The van der Waals surface area contributed by atoms with E-state index in [9.17, 15) is 4.79 Å². The van der Waals surface area contributed by atoms with Gasteiger partial charge >= 0.3 is 5.97 Å². The first kappa shape index (κ1) is 15.4. The van der Waals surface area contributed by atoms with E-state index < -0.39 is 5.54 Å². The number of hydrogen-bond acceptors (Lipinski definition) is 4. The van der Waals surface area contributed by atoms with Crippen LogP contribution in [0.3, 0.4) is 0 Å². The molecular formula is C14H27NO3. The Kier molecular flexibility index (Phi) is 6.09. The average Bonchev–Trinajstić information content (AvgIpc) is 2.38. The molecule has 3 atom stereocenters. The fraction of sp³-hybridized carbons (Fsp3) is 0.929. The molecule has 0 amide bonds. The summed E-state index contributed by atoms with van der Waals surface area (Å²) in [4.78, 5) is 12.0. The van der Waals surface area contributed by atoms with Gasteiger partial charge in [0.2, 0.25) is 0 Å². The number of methoxy groups -OCH3 is 1. The van der Waals surface area contributed by atoms with E-state index in [1.54, 1.807) is 0 Å². The molecule has 0 aromatic carbocycles. The largest absolute Gasteiger partial charge is 0.468 e. The van der Waals surface area contributed by atoms with E-state index in [-0.39, 0.29) is 12.6 Å². The summed E-state index contributed by atoms with van der Waals surface area (Å²) in [5.74, 6) is 0.366. The molecule has 1 aliphatic rings. The molecule has 0 heterocycles. The van der Waals surface area contributed by atoms with Gasteiger partial charge in [-0.15, -0.1) is 0 Å². The molecule has 0 aliphatic heterocycles. The number of hydrogen-bond donors (Lipinski definition) is 2. The van der Waals surface area contributed by atoms with Crippen molar-refractivity contribution in [3.05, 3.63) is 0 Å². The smallest absolute Gasteiger partial charge is 0.325 e. The van der Waals surface area contributed by atoms with Gasteiger partial charge in [0.05, 0.1) is 7.11 Å². The van der Waals surface area contributed by atoms with Crippen LogP contribution in [0.4, 0.5) is 0 Å². The molecule has 1 rings (SSSR count). The molecule has 4 heteroatoms. The van der Waals surface area contributed by atoms with Crippen LogP contribution in [0.25, 0.3) is 0 Å². The predicted octanol–water partition coefficient (Wildman–Crippen LogP) is 1.86. The van der Waals surface area contributed by atoms with Crippen molar-refractivity contribution >= 4 is 5.97 Å². The van der Waals surface area contributed by atoms with Gasteiger partial charge in [0.1, 0.15) is 5.54 Å². The Hall–Kier alpha value is -0.610. The van der Waals surface area contributed by atoms with Gasteiger partial charge in [0, 0.05) is 12.6 Å². The number of aliphatic hydroxyl groups excluding tert-OH is 1. The highest BCUT2D eigenvalue weighted by Crippen LogP contribution is 2.27. The number of rotatable bonds is 6. The van der Waals surface area contributed by atoms with Crippen LogP contribution in [0.15, 0.2) is 0 Å². The zero-order valence-corrected chi connectivity index (χ0v) is 11.9. The lowest BCUT2D eigenvalue weighted by atomic mass is 9.83. The van der Waals surface area contributed by atoms with Crippen molar-refractivity contribution in [3.63, 3.8) is 0 Å². The SMILES string of the molecule is COC(=O)C(C)(CCCO)NC1CCCCC1C. The van der Waals surface area contributed by atoms with Crippen molar-refractivity contribution in [1.82, 2.24) is 5.32 Å². The van der Waals surface area contributed by atoms with Crippen molar-refractivity contribution in [2.75, 3.05) is 13.7 Å². The van der Waals surface area contributed by atoms with Crippen LogP contribution < -0.4 is 5.32 Å². The molecule has 0 bridgehead atoms. The maximum Gasteiger partial charge on any atom is 0.325 e. The Morgan fingerprint density at radius 1 is 1.44 bits per heavy atom. The highest BCUT2D eigenvalue weighted by Gasteiger charge is 2.37. The van der Waals surface area contributed by atoms with Crippen LogP contribution in [-0.4, -0.2) is 36.4 Å². The van der Waals surface area contributed by atoms with Crippen LogP contribution >= 0.6 is 0 Å². The normalized spacial score (nSPS) is 27.6. The minimum absolute atomic E-state index is 0.106. The molecule has 0 aromatic heterocycles. The van der Waals surface area contributed by atoms with Crippen molar-refractivity contribution < 1.29 is 14.6 Å². The lowest BCUT2D eigenvalue weighted by Crippen LogP contribution is -2.56. The fourth-order valence-electron chi connectivity index (χ4n) is 2.83. The maximum absolute atomic E-state index is 12.0. The lowest BCUT2D eigenvalue weighted by Gasteiger charge is -2.37. The predicted molar refractivity (Wildman–Crippen MR) is 71.3 cm³/mol. The standard InChI is InChI=1S/C14H27NO3/c1-11-7-4-5-8-12(11)15-14(2,9-6-10-16)13(17)18-3/h11-12,15-16H,4-10H2,1-3H3. The number of carbonyl (C=O) groups excluding carboxylic acids is 1. The van der Waals surface area contributed by atoms with E-state index in [1.165, 1.54) is 26.4 Å². The Morgan fingerprint density at radius 3 is 2.67 bits per heavy atom. The van der Waals surface area contributed by atoms with Crippen LogP contribution in [0, 0.1) is 5.92 Å². The molecule has 1 fully saturated rings. The first-order valence-electron chi connectivity index (χ1n) is 7.00. The van der Waals surface area contributed by atoms with Crippen LogP contribution in [0.1, 0.15) is 52.4 Å². The minimum Gasteiger partial charge on any atom is -0.468 e. The second-order valence-electron chi connectivity index (χ2n) is 5.66. The fourth-order valence-corrected chi connectivity index (χ4v) is 2.83. The van der Waals surface area contributed by atoms with Crippen molar-refractivity contribution in [2.45, 2.75) is 64.0 Å². The van der Waals surface area contributed by atoms with E-state index >= 15 is 0 Å². The third-order valence-corrected chi connectivity index (χ3v) is 4.09. The molecule has 0 saturated heterocycles. The molecule has 18 heavy (non-hydrogen) atoms. The summed E-state index contributed by atoms with van der Waals surface area (Å²) in [5, 5.41) is 12.4. The Bertz CT molecular complexity index is 270. The third kappa shape index (κ3) is 3.95. The molecule has 1 saturated carbocycles. The quantitative estimate of drug-likeness (QED) is 0.713. The van der Waals surface area contributed by atoms with Gasteiger partial charge in [-0.1, -0.05) is 19.8 Å². The Morgan fingerprint density at radius 2 is 2.11 bits per heavy atom. The maximum atomic E-state index is 12.0. The monoisotopic (exact) mass is 257 g/mol. The third-order valence-electron chi connectivity index (χ3n) is 4.09. The van der Waals surface area contributed by atoms with Crippen LogP contribution in [-0.2, 0) is 9.53 Å². The van der Waals surface area contributed by atoms with Gasteiger partial charge < -0.3 is 9.84 Å². The second kappa shape index (κ2) is 7.10. The zero-order valence-electron chi connectivity index (χ0n) is 11.9. The summed E-state index contributed by atoms with van der Waals surface area (Å²) in [5.41, 5.74) is -0.673. The number of aliphatic hydroxyl groups is 1.